The van der Waals surface area contributed by atoms with Crippen molar-refractivity contribution in [2.75, 3.05) is 19.7 Å². The number of phosphoric acid groups is 1. The molecule has 0 radical (unpaired) electrons. The van der Waals surface area contributed by atoms with Crippen molar-refractivity contribution in [3.8, 4) is 0 Å². The summed E-state index contributed by atoms with van der Waals surface area (Å²) < 4.78 is 26.1. The zero-order valence-electron chi connectivity index (χ0n) is 11.9. The van der Waals surface area contributed by atoms with E-state index in [0.29, 0.717) is 12.3 Å². The Kier molecular flexibility index (Phi) is 6.22. The minimum atomic E-state index is -4.53. The van der Waals surface area contributed by atoms with Gasteiger partial charge in [-0.25, -0.2) is 4.57 Å². The van der Waals surface area contributed by atoms with Crippen molar-refractivity contribution in [2.24, 2.45) is 0 Å². The molecule has 126 valence electrons. The molecule has 0 amide bonds. The number of halogens is 1. The van der Waals surface area contributed by atoms with E-state index in [9.17, 15) is 4.57 Å². The van der Waals surface area contributed by atoms with Gasteiger partial charge < -0.3 is 27.8 Å². The maximum absolute atomic E-state index is 10.7. The molecule has 2 aliphatic rings. The molecule has 2 saturated heterocycles. The predicted molar refractivity (Wildman–Crippen MR) is 86.4 cm³/mol. The van der Waals surface area contributed by atoms with Crippen LogP contribution in [-0.2, 0) is 16.9 Å². The summed E-state index contributed by atoms with van der Waals surface area (Å²) >= 11 is 1.73. The van der Waals surface area contributed by atoms with E-state index in [2.05, 4.69) is 9.84 Å². The van der Waals surface area contributed by atoms with Crippen LogP contribution in [0.4, 0.5) is 0 Å². The Bertz CT molecular complexity index is 494. The third-order valence-electron chi connectivity index (χ3n) is 3.34. The zero-order valence-corrected chi connectivity index (χ0v) is 15.0. The van der Waals surface area contributed by atoms with Crippen LogP contribution >= 0.6 is 30.8 Å². The first-order chi connectivity index (χ1) is 10.3. The van der Waals surface area contributed by atoms with Crippen LogP contribution in [0.5, 0.6) is 0 Å². The summed E-state index contributed by atoms with van der Waals surface area (Å²) in [6.07, 6.45) is 0.968. The number of nitrogens with zero attached hydrogens (tertiary/aromatic N) is 1. The van der Waals surface area contributed by atoms with E-state index < -0.39 is 13.9 Å². The smallest absolute Gasteiger partial charge is 0.366 e. The van der Waals surface area contributed by atoms with Crippen molar-refractivity contribution in [1.29, 1.82) is 5.41 Å². The second-order valence-corrected chi connectivity index (χ2v) is 6.89. The number of ether oxygens (including phenoxy) is 1. The van der Waals surface area contributed by atoms with E-state index >= 15 is 0 Å². The molecule has 9 nitrogen and oxygen atoms in total. The number of amidine groups is 1. The molecule has 0 saturated carbocycles. The fourth-order valence-corrected chi connectivity index (χ4v) is 2.92. The largest absolute Gasteiger partial charge is 0.469 e. The normalized spacial score (nSPS) is 28.8. The van der Waals surface area contributed by atoms with Crippen molar-refractivity contribution >= 4 is 36.7 Å². The van der Waals surface area contributed by atoms with Gasteiger partial charge in [0.1, 0.15) is 47.3 Å². The summed E-state index contributed by atoms with van der Waals surface area (Å²) in [7, 11) is -4.53. The summed E-state index contributed by atoms with van der Waals surface area (Å²) in [6.45, 7) is 3.42. The Morgan fingerprint density at radius 1 is 1.59 bits per heavy atom. The molecule has 0 bridgehead atoms. The van der Waals surface area contributed by atoms with Crippen molar-refractivity contribution in [2.45, 2.75) is 31.8 Å². The Hall–Kier alpha value is -0.230. The molecule has 0 aromatic heterocycles. The van der Waals surface area contributed by atoms with Gasteiger partial charge >= 0.3 is 7.82 Å². The van der Waals surface area contributed by atoms with E-state index in [1.807, 2.05) is 11.8 Å². The molecule has 4 N–H and O–H groups in total. The summed E-state index contributed by atoms with van der Waals surface area (Å²) in [4.78, 5) is 19.4. The lowest BCUT2D eigenvalue weighted by molar-refractivity contribution is -0.0154. The Morgan fingerprint density at radius 2 is 2.27 bits per heavy atom. The van der Waals surface area contributed by atoms with Gasteiger partial charge in [-0.2, -0.15) is 0 Å². The van der Waals surface area contributed by atoms with Crippen molar-refractivity contribution < 1.29 is 26.7 Å². The standard InChI is InChI=1S/C11H19IN3O6P/c1-7(11(13)15-2-3-15)5-14-10-4-8(21-12)9(20-10)6-19-22(16,17)18/h5,8-10,13-14H,2-4,6H2,1H3,(H2,16,17,18)/b7-5-,13-11?. The first kappa shape index (κ1) is 18.1. The predicted octanol–water partition coefficient (Wildman–Crippen LogP) is 0.732. The van der Waals surface area contributed by atoms with Gasteiger partial charge in [0.25, 0.3) is 0 Å². The average Bonchev–Trinajstić information content (AvgIpc) is 3.22. The van der Waals surface area contributed by atoms with E-state index in [1.54, 1.807) is 29.2 Å². The maximum atomic E-state index is 10.7. The third kappa shape index (κ3) is 5.44. The highest BCUT2D eigenvalue weighted by Gasteiger charge is 2.37. The topological polar surface area (TPSA) is 124 Å². The second-order valence-electron chi connectivity index (χ2n) is 5.14. The molecule has 0 aromatic carbocycles. The van der Waals surface area contributed by atoms with Gasteiger partial charge in [-0.15, -0.1) is 0 Å². The van der Waals surface area contributed by atoms with Crippen LogP contribution < -0.4 is 5.32 Å². The average molecular weight is 447 g/mol. The number of hydrogen-bond acceptors (Lipinski definition) is 6. The molecule has 2 heterocycles. The van der Waals surface area contributed by atoms with Gasteiger partial charge in [0.2, 0.25) is 0 Å². The SMILES string of the molecule is C/C(=C/NC1CC(OI)C(COP(=O)(O)O)O1)C(=N)N1CC1. The van der Waals surface area contributed by atoms with Crippen LogP contribution in [0.3, 0.4) is 0 Å². The van der Waals surface area contributed by atoms with Gasteiger partial charge in [0.15, 0.2) is 0 Å². The molecular weight excluding hydrogens is 428 g/mol. The maximum Gasteiger partial charge on any atom is 0.469 e. The molecule has 0 aliphatic carbocycles. The van der Waals surface area contributed by atoms with Gasteiger partial charge in [-0.3, -0.25) is 9.93 Å². The number of hydrogen-bond donors (Lipinski definition) is 4. The molecule has 3 unspecified atom stereocenters. The lowest BCUT2D eigenvalue weighted by atomic mass is 10.2. The number of rotatable bonds is 7. The molecule has 0 spiro atoms. The van der Waals surface area contributed by atoms with Crippen LogP contribution in [0.1, 0.15) is 13.3 Å². The van der Waals surface area contributed by atoms with E-state index in [0.717, 1.165) is 18.7 Å². The Morgan fingerprint density at radius 3 is 2.82 bits per heavy atom. The minimum Gasteiger partial charge on any atom is -0.366 e. The minimum absolute atomic E-state index is 0.248. The van der Waals surface area contributed by atoms with Crippen LogP contribution in [-0.4, -0.2) is 58.7 Å². The van der Waals surface area contributed by atoms with Gasteiger partial charge in [-0.1, -0.05) is 0 Å². The molecule has 2 fully saturated rings. The monoisotopic (exact) mass is 447 g/mol. The summed E-state index contributed by atoms with van der Waals surface area (Å²) in [5.41, 5.74) is 0.794. The molecule has 11 heteroatoms. The molecule has 0 aromatic rings. The fourth-order valence-electron chi connectivity index (χ4n) is 2.04. The first-order valence-electron chi connectivity index (χ1n) is 6.70. The van der Waals surface area contributed by atoms with E-state index in [4.69, 9.17) is 23.0 Å². The molecule has 2 aliphatic heterocycles. The van der Waals surface area contributed by atoms with Gasteiger partial charge in [-0.05, 0) is 6.92 Å². The number of nitrogens with one attached hydrogen (secondary N) is 2. The third-order valence-corrected chi connectivity index (χ3v) is 4.48. The zero-order chi connectivity index (χ0) is 16.3. The highest BCUT2D eigenvalue weighted by atomic mass is 127. The van der Waals surface area contributed by atoms with Crippen LogP contribution in [0.2, 0.25) is 0 Å². The van der Waals surface area contributed by atoms with Gasteiger partial charge in [0.05, 0.1) is 6.61 Å². The molecular formula is C11H19IN3O6P. The summed E-state index contributed by atoms with van der Waals surface area (Å²) in [5, 5.41) is 10.9. The van der Waals surface area contributed by atoms with Crippen LogP contribution in [0, 0.1) is 5.41 Å². The van der Waals surface area contributed by atoms with Crippen molar-refractivity contribution in [1.82, 2.24) is 10.2 Å². The quantitative estimate of drug-likeness (QED) is 0.148. The Labute approximate surface area is 142 Å². The highest BCUT2D eigenvalue weighted by molar-refractivity contribution is 14.1. The van der Waals surface area contributed by atoms with Crippen LogP contribution in [0.25, 0.3) is 0 Å². The van der Waals surface area contributed by atoms with Gasteiger partial charge in [0, 0.05) is 31.3 Å². The fraction of sp³-hybridized carbons (Fsp3) is 0.727. The summed E-state index contributed by atoms with van der Waals surface area (Å²) in [6, 6.07) is 0. The second kappa shape index (κ2) is 7.56. The molecule has 2 rings (SSSR count). The lowest BCUT2D eigenvalue weighted by Gasteiger charge is -2.16. The van der Waals surface area contributed by atoms with E-state index in [1.165, 1.54) is 0 Å². The first-order valence-corrected chi connectivity index (χ1v) is 9.11. The van der Waals surface area contributed by atoms with Crippen molar-refractivity contribution in [3.05, 3.63) is 11.8 Å². The molecule has 22 heavy (non-hydrogen) atoms. The highest BCUT2D eigenvalue weighted by Crippen LogP contribution is 2.37. The lowest BCUT2D eigenvalue weighted by Crippen LogP contribution is -2.28. The summed E-state index contributed by atoms with van der Waals surface area (Å²) in [5.74, 6) is 0.480. The van der Waals surface area contributed by atoms with Crippen LogP contribution in [0.15, 0.2) is 11.8 Å². The Balaban J connectivity index is 1.84. The van der Waals surface area contributed by atoms with Crippen molar-refractivity contribution in [3.63, 3.8) is 0 Å². The number of phosphoric ester groups is 1. The molecule has 3 atom stereocenters. The van der Waals surface area contributed by atoms with E-state index in [-0.39, 0.29) is 18.9 Å².